The van der Waals surface area contributed by atoms with Gasteiger partial charge in [-0.15, -0.1) is 0 Å². The first kappa shape index (κ1) is 27.2. The molecule has 3 heterocycles. The highest BCUT2D eigenvalue weighted by atomic mass is 79.9. The van der Waals surface area contributed by atoms with E-state index in [4.69, 9.17) is 0 Å². The number of nitrogens with zero attached hydrogens (tertiary/aromatic N) is 3. The van der Waals surface area contributed by atoms with E-state index in [-0.39, 0.29) is 11.3 Å². The summed E-state index contributed by atoms with van der Waals surface area (Å²) < 4.78 is 1.06. The zero-order valence-corrected chi connectivity index (χ0v) is 24.6. The second-order valence-electron chi connectivity index (χ2n) is 11.9. The van der Waals surface area contributed by atoms with E-state index < -0.39 is 0 Å². The smallest absolute Gasteiger partial charge is 0.229 e. The highest BCUT2D eigenvalue weighted by Gasteiger charge is 2.48. The van der Waals surface area contributed by atoms with Gasteiger partial charge in [0, 0.05) is 43.1 Å². The van der Waals surface area contributed by atoms with E-state index in [9.17, 15) is 9.59 Å². The lowest BCUT2D eigenvalue weighted by molar-refractivity contribution is -0.139. The molecule has 0 radical (unpaired) electrons. The van der Waals surface area contributed by atoms with Gasteiger partial charge in [-0.3, -0.25) is 9.59 Å². The molecule has 0 saturated carbocycles. The van der Waals surface area contributed by atoms with Gasteiger partial charge in [-0.25, -0.2) is 0 Å². The molecule has 3 aromatic carbocycles. The number of piperidine rings is 1. The minimum atomic E-state index is -0.196. The molecule has 40 heavy (non-hydrogen) atoms. The minimum absolute atomic E-state index is 0.196. The number of halogens is 1. The fourth-order valence-corrected chi connectivity index (χ4v) is 7.30. The first-order chi connectivity index (χ1) is 19.5. The van der Waals surface area contributed by atoms with Crippen LogP contribution >= 0.6 is 15.9 Å². The van der Waals surface area contributed by atoms with Crippen molar-refractivity contribution >= 4 is 27.7 Å². The number of benzene rings is 3. The molecule has 5 nitrogen and oxygen atoms in total. The average Bonchev–Trinajstić information content (AvgIpc) is 3.54. The fraction of sp³-hybridized carbons (Fsp3) is 0.412. The standard InChI is InChI=1S/C34H38BrN3O2/c35-30-13-11-27(12-14-30)22-37-20-17-34(33(37)40)15-18-36(19-16-34)23-29-24-38(25-31(29)28-9-5-2-6-10-28)32(39)21-26-7-3-1-4-8-26/h1-14,29,31H,15-25H2. The van der Waals surface area contributed by atoms with E-state index in [1.165, 1.54) is 11.1 Å². The molecule has 2 unspecified atom stereocenters. The van der Waals surface area contributed by atoms with Crippen LogP contribution in [0.2, 0.25) is 0 Å². The number of hydrogen-bond donors (Lipinski definition) is 0. The number of carbonyl (C=O) groups excluding carboxylic acids is 2. The summed E-state index contributed by atoms with van der Waals surface area (Å²) in [6.07, 6.45) is 3.29. The number of carbonyl (C=O) groups is 2. The molecule has 0 N–H and O–H groups in total. The Bertz CT molecular complexity index is 1310. The quantitative estimate of drug-likeness (QED) is 0.347. The van der Waals surface area contributed by atoms with Gasteiger partial charge in [0.15, 0.2) is 0 Å². The van der Waals surface area contributed by atoms with Crippen molar-refractivity contribution in [2.45, 2.75) is 38.1 Å². The van der Waals surface area contributed by atoms with Gasteiger partial charge >= 0.3 is 0 Å². The third-order valence-electron chi connectivity index (χ3n) is 9.41. The number of amides is 2. The van der Waals surface area contributed by atoms with Crippen LogP contribution in [0, 0.1) is 11.3 Å². The molecule has 2 amide bonds. The third-order valence-corrected chi connectivity index (χ3v) is 9.94. The summed E-state index contributed by atoms with van der Waals surface area (Å²) in [4.78, 5) is 33.6. The van der Waals surface area contributed by atoms with E-state index >= 15 is 0 Å². The number of hydrogen-bond acceptors (Lipinski definition) is 3. The van der Waals surface area contributed by atoms with E-state index in [0.29, 0.717) is 30.7 Å². The van der Waals surface area contributed by atoms with Crippen LogP contribution in [-0.4, -0.2) is 65.8 Å². The summed E-state index contributed by atoms with van der Waals surface area (Å²) in [5.41, 5.74) is 3.39. The summed E-state index contributed by atoms with van der Waals surface area (Å²) in [5.74, 6) is 1.29. The molecule has 6 heteroatoms. The van der Waals surface area contributed by atoms with E-state index in [1.807, 2.05) is 42.5 Å². The Morgan fingerprint density at radius 3 is 2.15 bits per heavy atom. The Labute approximate surface area is 246 Å². The molecule has 208 valence electrons. The zero-order chi connectivity index (χ0) is 27.5. The van der Waals surface area contributed by atoms with Gasteiger partial charge in [0.25, 0.3) is 0 Å². The van der Waals surface area contributed by atoms with Gasteiger partial charge in [0.2, 0.25) is 11.8 Å². The minimum Gasteiger partial charge on any atom is -0.341 e. The van der Waals surface area contributed by atoms with E-state index in [2.05, 4.69) is 73.1 Å². The third kappa shape index (κ3) is 5.89. The molecule has 1 spiro atoms. The maximum absolute atomic E-state index is 13.6. The SMILES string of the molecule is O=C(Cc1ccccc1)N1CC(CN2CCC3(CC2)CCN(Cc2ccc(Br)cc2)C3=O)C(c2ccccc2)C1. The summed E-state index contributed by atoms with van der Waals surface area (Å²) in [6, 6.07) is 29.1. The van der Waals surface area contributed by atoms with Crippen LogP contribution in [0.4, 0.5) is 0 Å². The predicted molar refractivity (Wildman–Crippen MR) is 162 cm³/mol. The van der Waals surface area contributed by atoms with Crippen molar-refractivity contribution in [2.75, 3.05) is 39.3 Å². The molecular formula is C34H38BrN3O2. The van der Waals surface area contributed by atoms with Crippen molar-refractivity contribution < 1.29 is 9.59 Å². The summed E-state index contributed by atoms with van der Waals surface area (Å²) in [5, 5.41) is 0. The second-order valence-corrected chi connectivity index (χ2v) is 12.8. The predicted octanol–water partition coefficient (Wildman–Crippen LogP) is 5.75. The molecular weight excluding hydrogens is 562 g/mol. The average molecular weight is 601 g/mol. The Balaban J connectivity index is 1.08. The Kier molecular flexibility index (Phi) is 8.08. The van der Waals surface area contributed by atoms with E-state index in [0.717, 1.165) is 68.6 Å². The first-order valence-electron chi connectivity index (χ1n) is 14.6. The largest absolute Gasteiger partial charge is 0.341 e. The summed E-state index contributed by atoms with van der Waals surface area (Å²) in [7, 11) is 0. The lowest BCUT2D eigenvalue weighted by Crippen LogP contribution is -2.46. The molecule has 3 saturated heterocycles. The van der Waals surface area contributed by atoms with Gasteiger partial charge in [0.05, 0.1) is 11.8 Å². The van der Waals surface area contributed by atoms with Gasteiger partial charge in [-0.05, 0) is 67.1 Å². The van der Waals surface area contributed by atoms with Crippen LogP contribution < -0.4 is 0 Å². The number of rotatable bonds is 7. The van der Waals surface area contributed by atoms with Crippen LogP contribution in [0.5, 0.6) is 0 Å². The van der Waals surface area contributed by atoms with Gasteiger partial charge in [-0.1, -0.05) is 88.7 Å². The van der Waals surface area contributed by atoms with Crippen molar-refractivity contribution in [1.82, 2.24) is 14.7 Å². The normalized spacial score (nSPS) is 22.8. The molecule has 6 rings (SSSR count). The van der Waals surface area contributed by atoms with Crippen LogP contribution in [0.15, 0.2) is 89.4 Å². The Morgan fingerprint density at radius 2 is 1.45 bits per heavy atom. The van der Waals surface area contributed by atoms with E-state index in [1.54, 1.807) is 0 Å². The van der Waals surface area contributed by atoms with Gasteiger partial charge in [0.1, 0.15) is 0 Å². The molecule has 2 atom stereocenters. The van der Waals surface area contributed by atoms with Crippen LogP contribution in [-0.2, 0) is 22.6 Å². The lowest BCUT2D eigenvalue weighted by Gasteiger charge is -2.39. The van der Waals surface area contributed by atoms with Gasteiger partial charge in [-0.2, -0.15) is 0 Å². The zero-order valence-electron chi connectivity index (χ0n) is 23.1. The molecule has 3 fully saturated rings. The highest BCUT2D eigenvalue weighted by molar-refractivity contribution is 9.10. The van der Waals surface area contributed by atoms with Gasteiger partial charge < -0.3 is 14.7 Å². The van der Waals surface area contributed by atoms with Crippen molar-refractivity contribution in [3.05, 3.63) is 106 Å². The molecule has 0 bridgehead atoms. The maximum atomic E-state index is 13.6. The second kappa shape index (κ2) is 11.9. The molecule has 0 aromatic heterocycles. The maximum Gasteiger partial charge on any atom is 0.229 e. The molecule has 3 aromatic rings. The Hall–Kier alpha value is -2.96. The van der Waals surface area contributed by atoms with Crippen LogP contribution in [0.1, 0.15) is 41.9 Å². The van der Waals surface area contributed by atoms with Crippen LogP contribution in [0.3, 0.4) is 0 Å². The first-order valence-corrected chi connectivity index (χ1v) is 15.4. The lowest BCUT2D eigenvalue weighted by atomic mass is 9.76. The fourth-order valence-electron chi connectivity index (χ4n) is 7.03. The van der Waals surface area contributed by atoms with Crippen molar-refractivity contribution in [2.24, 2.45) is 11.3 Å². The number of likely N-dealkylation sites (tertiary alicyclic amines) is 3. The molecule has 3 aliphatic heterocycles. The molecule has 0 aliphatic carbocycles. The van der Waals surface area contributed by atoms with Crippen LogP contribution in [0.25, 0.3) is 0 Å². The molecule has 3 aliphatic rings. The van der Waals surface area contributed by atoms with Crippen molar-refractivity contribution in [3.63, 3.8) is 0 Å². The Morgan fingerprint density at radius 1 is 0.800 bits per heavy atom. The van der Waals surface area contributed by atoms with Crippen molar-refractivity contribution in [3.8, 4) is 0 Å². The monoisotopic (exact) mass is 599 g/mol. The van der Waals surface area contributed by atoms with Crippen molar-refractivity contribution in [1.29, 1.82) is 0 Å². The topological polar surface area (TPSA) is 43.9 Å². The highest BCUT2D eigenvalue weighted by Crippen LogP contribution is 2.43. The summed E-state index contributed by atoms with van der Waals surface area (Å²) in [6.45, 7) is 6.01. The summed E-state index contributed by atoms with van der Waals surface area (Å²) >= 11 is 3.50.